The minimum atomic E-state index is -1.00. The van der Waals surface area contributed by atoms with Gasteiger partial charge in [0.25, 0.3) is 0 Å². The van der Waals surface area contributed by atoms with Crippen molar-refractivity contribution in [1.82, 2.24) is 10.6 Å². The van der Waals surface area contributed by atoms with Gasteiger partial charge in [0.2, 0.25) is 11.8 Å². The summed E-state index contributed by atoms with van der Waals surface area (Å²) in [5.74, 6) is -1.61. The third-order valence-electron chi connectivity index (χ3n) is 6.65. The molecule has 0 saturated heterocycles. The Kier molecular flexibility index (Phi) is 10.1. The molecule has 4 N–H and O–H groups in total. The van der Waals surface area contributed by atoms with Gasteiger partial charge < -0.3 is 20.8 Å². The molecular weight excluding hydrogens is 468 g/mol. The van der Waals surface area contributed by atoms with Crippen LogP contribution in [0, 0.1) is 11.8 Å². The molecule has 2 aromatic rings. The monoisotopic (exact) mass is 500 g/mol. The van der Waals surface area contributed by atoms with Crippen molar-refractivity contribution in [3.63, 3.8) is 0 Å². The Balaban J connectivity index is 1.54. The number of amides is 2. The number of carboxylic acid groups (broad SMARTS) is 1. The fraction of sp³-hybridized carbons (Fsp3) is 0.444. The molecule has 0 aliphatic heterocycles. The van der Waals surface area contributed by atoms with E-state index in [1.54, 1.807) is 12.1 Å². The maximum atomic E-state index is 13.1. The van der Waals surface area contributed by atoms with Gasteiger partial charge in [-0.1, -0.05) is 54.4 Å². The van der Waals surface area contributed by atoms with Gasteiger partial charge in [0.05, 0.1) is 6.61 Å². The maximum absolute atomic E-state index is 13.1. The summed E-state index contributed by atoms with van der Waals surface area (Å²) < 4.78 is 0. The largest absolute Gasteiger partial charge is 0.481 e. The van der Waals surface area contributed by atoms with Crippen LogP contribution in [0.2, 0.25) is 5.02 Å². The van der Waals surface area contributed by atoms with Gasteiger partial charge in [0, 0.05) is 23.9 Å². The van der Waals surface area contributed by atoms with Gasteiger partial charge in [-0.3, -0.25) is 14.4 Å². The van der Waals surface area contributed by atoms with E-state index in [2.05, 4.69) is 10.6 Å². The van der Waals surface area contributed by atoms with Gasteiger partial charge in [-0.25, -0.2) is 0 Å². The summed E-state index contributed by atoms with van der Waals surface area (Å²) in [7, 11) is 0. The summed E-state index contributed by atoms with van der Waals surface area (Å²) in [6.07, 6.45) is 4.35. The van der Waals surface area contributed by atoms with E-state index in [0.717, 1.165) is 36.0 Å². The second-order valence-corrected chi connectivity index (χ2v) is 9.51. The lowest BCUT2D eigenvalue weighted by Gasteiger charge is -2.23. The molecule has 35 heavy (non-hydrogen) atoms. The van der Waals surface area contributed by atoms with Crippen LogP contribution in [-0.2, 0) is 33.6 Å². The van der Waals surface area contributed by atoms with Crippen LogP contribution < -0.4 is 10.6 Å². The number of benzene rings is 2. The van der Waals surface area contributed by atoms with Crippen molar-refractivity contribution in [2.45, 2.75) is 51.0 Å². The molecule has 0 bridgehead atoms. The molecular formula is C27H33ClN2O5. The summed E-state index contributed by atoms with van der Waals surface area (Å²) >= 11 is 5.89. The van der Waals surface area contributed by atoms with Gasteiger partial charge in [0.15, 0.2) is 0 Å². The number of nitrogens with one attached hydrogen (secondary N) is 2. The molecule has 188 valence electrons. The van der Waals surface area contributed by atoms with Crippen molar-refractivity contribution in [1.29, 1.82) is 0 Å². The lowest BCUT2D eigenvalue weighted by atomic mass is 9.86. The van der Waals surface area contributed by atoms with E-state index in [1.807, 2.05) is 36.4 Å². The van der Waals surface area contributed by atoms with Gasteiger partial charge in [-0.05, 0) is 66.8 Å². The average molecular weight is 501 g/mol. The van der Waals surface area contributed by atoms with E-state index in [4.69, 9.17) is 16.7 Å². The summed E-state index contributed by atoms with van der Waals surface area (Å²) in [5.41, 5.74) is 3.09. The molecule has 0 spiro atoms. The van der Waals surface area contributed by atoms with Crippen molar-refractivity contribution in [3.05, 3.63) is 70.2 Å². The second-order valence-electron chi connectivity index (χ2n) is 9.08. The van der Waals surface area contributed by atoms with E-state index >= 15 is 0 Å². The molecule has 0 radical (unpaired) electrons. The second kappa shape index (κ2) is 13.3. The highest BCUT2D eigenvalue weighted by molar-refractivity contribution is 6.30. The van der Waals surface area contributed by atoms with Gasteiger partial charge in [-0.15, -0.1) is 0 Å². The fourth-order valence-corrected chi connectivity index (χ4v) is 4.85. The smallest absolute Gasteiger partial charge is 0.303 e. The fourth-order valence-electron chi connectivity index (χ4n) is 4.73. The topological polar surface area (TPSA) is 116 Å². The van der Waals surface area contributed by atoms with E-state index in [0.29, 0.717) is 30.8 Å². The summed E-state index contributed by atoms with van der Waals surface area (Å²) in [5, 5.41) is 24.9. The van der Waals surface area contributed by atoms with Gasteiger partial charge >= 0.3 is 5.97 Å². The third kappa shape index (κ3) is 8.08. The lowest BCUT2D eigenvalue weighted by molar-refractivity contribution is -0.137. The summed E-state index contributed by atoms with van der Waals surface area (Å²) in [6, 6.07) is 14.1. The van der Waals surface area contributed by atoms with Crippen LogP contribution in [0.4, 0.5) is 0 Å². The molecule has 0 aromatic heterocycles. The molecule has 1 aliphatic rings. The minimum Gasteiger partial charge on any atom is -0.481 e. The molecule has 8 heteroatoms. The number of rotatable bonds is 12. The number of hydrogen-bond donors (Lipinski definition) is 4. The normalized spacial score (nSPS) is 18.1. The van der Waals surface area contributed by atoms with Crippen LogP contribution in [0.5, 0.6) is 0 Å². The molecule has 3 atom stereocenters. The molecule has 1 fully saturated rings. The van der Waals surface area contributed by atoms with Crippen molar-refractivity contribution in [2.24, 2.45) is 11.8 Å². The van der Waals surface area contributed by atoms with Crippen molar-refractivity contribution < 1.29 is 24.6 Å². The van der Waals surface area contributed by atoms with Crippen LogP contribution in [0.3, 0.4) is 0 Å². The Morgan fingerprint density at radius 3 is 2.40 bits per heavy atom. The number of carboxylic acids is 1. The van der Waals surface area contributed by atoms with E-state index in [9.17, 15) is 19.5 Å². The Bertz CT molecular complexity index is 1010. The number of carbonyl (C=O) groups excluding carboxylic acids is 2. The number of aryl methyl sites for hydroxylation is 1. The predicted molar refractivity (Wildman–Crippen MR) is 134 cm³/mol. The highest BCUT2D eigenvalue weighted by Crippen LogP contribution is 2.35. The van der Waals surface area contributed by atoms with E-state index in [1.165, 1.54) is 0 Å². The quantitative estimate of drug-likeness (QED) is 0.357. The average Bonchev–Trinajstić information content (AvgIpc) is 3.31. The standard InChI is InChI=1S/C27H33ClN2O5/c28-22-11-8-18(9-12-22)14-15-29-27(35)24(17-31)30-26(34)23-7-3-6-21(23)16-20-5-2-1-4-19(20)10-13-25(32)33/h1-2,4-5,8-9,11-12,21,23-24,31H,3,6-7,10,13-17H2,(H,29,35)(H,30,34)(H,32,33). The summed E-state index contributed by atoms with van der Waals surface area (Å²) in [6.45, 7) is -0.0973. The van der Waals surface area contributed by atoms with Crippen LogP contribution in [0.15, 0.2) is 48.5 Å². The van der Waals surface area contributed by atoms with Gasteiger partial charge in [-0.2, -0.15) is 0 Å². The van der Waals surface area contributed by atoms with Crippen molar-refractivity contribution >= 4 is 29.4 Å². The highest BCUT2D eigenvalue weighted by Gasteiger charge is 2.35. The maximum Gasteiger partial charge on any atom is 0.303 e. The minimum absolute atomic E-state index is 0.0664. The van der Waals surface area contributed by atoms with Crippen molar-refractivity contribution in [2.75, 3.05) is 13.2 Å². The zero-order chi connectivity index (χ0) is 25.2. The molecule has 2 amide bonds. The number of aliphatic hydroxyl groups excluding tert-OH is 1. The first-order valence-electron chi connectivity index (χ1n) is 12.1. The zero-order valence-corrected chi connectivity index (χ0v) is 20.5. The number of carbonyl (C=O) groups is 3. The highest BCUT2D eigenvalue weighted by atomic mass is 35.5. The number of aliphatic carboxylic acids is 1. The first-order chi connectivity index (χ1) is 16.9. The Morgan fingerprint density at radius 1 is 1.00 bits per heavy atom. The zero-order valence-electron chi connectivity index (χ0n) is 19.7. The Labute approximate surface area is 210 Å². The molecule has 1 aliphatic carbocycles. The SMILES string of the molecule is O=C(O)CCc1ccccc1CC1CCCC1C(=O)NC(CO)C(=O)NCCc1ccc(Cl)cc1. The first kappa shape index (κ1) is 26.7. The molecule has 1 saturated carbocycles. The van der Waals surface area contributed by atoms with Crippen LogP contribution in [-0.4, -0.2) is 47.2 Å². The summed E-state index contributed by atoms with van der Waals surface area (Å²) in [4.78, 5) is 36.6. The molecule has 2 aromatic carbocycles. The molecule has 3 rings (SSSR count). The predicted octanol–water partition coefficient (Wildman–Crippen LogP) is 3.15. The lowest BCUT2D eigenvalue weighted by Crippen LogP contribution is -2.51. The number of halogens is 1. The first-order valence-corrected chi connectivity index (χ1v) is 12.5. The molecule has 3 unspecified atom stereocenters. The third-order valence-corrected chi connectivity index (χ3v) is 6.90. The number of aliphatic hydroxyl groups is 1. The van der Waals surface area contributed by atoms with E-state index in [-0.39, 0.29) is 24.2 Å². The molecule has 7 nitrogen and oxygen atoms in total. The number of hydrogen-bond acceptors (Lipinski definition) is 4. The Hall–Kier alpha value is -2.90. The van der Waals surface area contributed by atoms with Crippen molar-refractivity contribution in [3.8, 4) is 0 Å². The van der Waals surface area contributed by atoms with Crippen LogP contribution in [0.25, 0.3) is 0 Å². The Morgan fingerprint density at radius 2 is 1.71 bits per heavy atom. The van der Waals surface area contributed by atoms with E-state index < -0.39 is 24.5 Å². The van der Waals surface area contributed by atoms with Gasteiger partial charge in [0.1, 0.15) is 6.04 Å². The van der Waals surface area contributed by atoms with Crippen LogP contribution >= 0.6 is 11.6 Å². The molecule has 0 heterocycles. The van der Waals surface area contributed by atoms with Crippen LogP contribution in [0.1, 0.15) is 42.4 Å².